The first-order valence-corrected chi connectivity index (χ1v) is 7.07. The van der Waals surface area contributed by atoms with Crippen molar-refractivity contribution in [2.24, 2.45) is 0 Å². The van der Waals surface area contributed by atoms with E-state index >= 15 is 0 Å². The van der Waals surface area contributed by atoms with E-state index in [-0.39, 0.29) is 0 Å². The summed E-state index contributed by atoms with van der Waals surface area (Å²) in [5, 5.41) is 1.79. The fourth-order valence-electron chi connectivity index (χ4n) is 2.37. The number of fused-ring (bicyclic) bond motifs is 1. The Bertz CT molecular complexity index is 878. The molecule has 114 valence electrons. The molecule has 0 unspecified atom stereocenters. The zero-order chi connectivity index (χ0) is 16.2. The molecule has 0 amide bonds. The van der Waals surface area contributed by atoms with E-state index in [9.17, 15) is 9.59 Å². The van der Waals surface area contributed by atoms with E-state index in [4.69, 9.17) is 4.74 Å². The highest BCUT2D eigenvalue weighted by molar-refractivity contribution is 6.05. The zero-order valence-corrected chi connectivity index (χ0v) is 12.5. The van der Waals surface area contributed by atoms with E-state index < -0.39 is 11.9 Å². The van der Waals surface area contributed by atoms with Crippen LogP contribution in [0.5, 0.6) is 5.75 Å². The van der Waals surface area contributed by atoms with E-state index in [1.165, 1.54) is 13.2 Å². The molecule has 3 aromatic rings. The first kappa shape index (κ1) is 14.8. The van der Waals surface area contributed by atoms with Crippen LogP contribution in [0.2, 0.25) is 0 Å². The van der Waals surface area contributed by atoms with Gasteiger partial charge in [-0.05, 0) is 35.0 Å². The van der Waals surface area contributed by atoms with Crippen LogP contribution in [0.15, 0.2) is 66.7 Å². The van der Waals surface area contributed by atoms with Crippen molar-refractivity contribution in [2.75, 3.05) is 7.11 Å². The average Bonchev–Trinajstić information content (AvgIpc) is 2.60. The lowest BCUT2D eigenvalue weighted by Gasteiger charge is -2.08. The monoisotopic (exact) mass is 306 g/mol. The van der Waals surface area contributed by atoms with Crippen LogP contribution in [0, 0.1) is 0 Å². The predicted octanol–water partition coefficient (Wildman–Crippen LogP) is 3.85. The second kappa shape index (κ2) is 6.32. The van der Waals surface area contributed by atoms with E-state index in [2.05, 4.69) is 4.74 Å². The third kappa shape index (κ3) is 3.06. The molecule has 0 N–H and O–H groups in total. The molecular formula is C19H14O4. The molecule has 0 aliphatic carbocycles. The van der Waals surface area contributed by atoms with E-state index in [1.54, 1.807) is 24.3 Å². The summed E-state index contributed by atoms with van der Waals surface area (Å²) in [5.41, 5.74) is 0.808. The van der Waals surface area contributed by atoms with Crippen molar-refractivity contribution in [3.8, 4) is 5.75 Å². The number of benzene rings is 3. The van der Waals surface area contributed by atoms with Gasteiger partial charge in [0.05, 0.1) is 18.2 Å². The van der Waals surface area contributed by atoms with Crippen LogP contribution in [0.25, 0.3) is 10.8 Å². The molecule has 3 rings (SSSR count). The van der Waals surface area contributed by atoms with Crippen molar-refractivity contribution in [2.45, 2.75) is 0 Å². The Kier molecular flexibility index (Phi) is 4.06. The van der Waals surface area contributed by atoms with Crippen LogP contribution in [0.1, 0.15) is 20.7 Å². The summed E-state index contributed by atoms with van der Waals surface area (Å²) < 4.78 is 10.1. The molecule has 0 aliphatic heterocycles. The Hall–Kier alpha value is -3.14. The number of carbonyl (C=O) groups is 2. The highest BCUT2D eigenvalue weighted by Crippen LogP contribution is 2.21. The average molecular weight is 306 g/mol. The zero-order valence-electron chi connectivity index (χ0n) is 12.5. The number of rotatable bonds is 3. The third-order valence-electron chi connectivity index (χ3n) is 3.48. The van der Waals surface area contributed by atoms with E-state index in [1.807, 2.05) is 36.4 Å². The fourth-order valence-corrected chi connectivity index (χ4v) is 2.37. The molecule has 4 nitrogen and oxygen atoms in total. The van der Waals surface area contributed by atoms with Gasteiger partial charge < -0.3 is 9.47 Å². The van der Waals surface area contributed by atoms with Crippen LogP contribution in [-0.2, 0) is 4.74 Å². The van der Waals surface area contributed by atoms with Gasteiger partial charge in [-0.25, -0.2) is 9.59 Å². The number of methoxy groups -OCH3 is 1. The Morgan fingerprint density at radius 1 is 0.826 bits per heavy atom. The van der Waals surface area contributed by atoms with Crippen LogP contribution in [0.3, 0.4) is 0 Å². The van der Waals surface area contributed by atoms with Crippen LogP contribution in [0.4, 0.5) is 0 Å². The molecule has 3 aromatic carbocycles. The maximum Gasteiger partial charge on any atom is 0.344 e. The molecule has 0 atom stereocenters. The highest BCUT2D eigenvalue weighted by Gasteiger charge is 2.13. The number of hydrogen-bond donors (Lipinski definition) is 0. The first-order valence-electron chi connectivity index (χ1n) is 7.07. The van der Waals surface area contributed by atoms with Crippen LogP contribution < -0.4 is 4.74 Å². The van der Waals surface area contributed by atoms with E-state index in [0.29, 0.717) is 16.9 Å². The molecule has 0 saturated heterocycles. The van der Waals surface area contributed by atoms with Gasteiger partial charge in [-0.15, -0.1) is 0 Å². The molecule has 4 heteroatoms. The Labute approximate surface area is 133 Å². The normalized spacial score (nSPS) is 10.3. The van der Waals surface area contributed by atoms with Crippen LogP contribution in [-0.4, -0.2) is 19.0 Å². The lowest BCUT2D eigenvalue weighted by atomic mass is 10.0. The number of hydrogen-bond acceptors (Lipinski definition) is 4. The molecule has 0 aliphatic rings. The smallest absolute Gasteiger partial charge is 0.344 e. The fraction of sp³-hybridized carbons (Fsp3) is 0.0526. The Balaban J connectivity index is 1.91. The van der Waals surface area contributed by atoms with Crippen molar-refractivity contribution >= 4 is 22.7 Å². The lowest BCUT2D eigenvalue weighted by Crippen LogP contribution is -2.10. The van der Waals surface area contributed by atoms with Gasteiger partial charge in [0.15, 0.2) is 0 Å². The largest absolute Gasteiger partial charge is 0.465 e. The molecule has 0 saturated carbocycles. The van der Waals surface area contributed by atoms with Gasteiger partial charge in [-0.1, -0.05) is 42.5 Å². The van der Waals surface area contributed by atoms with Crippen molar-refractivity contribution in [1.82, 2.24) is 0 Å². The topological polar surface area (TPSA) is 52.6 Å². The van der Waals surface area contributed by atoms with Crippen molar-refractivity contribution in [3.05, 3.63) is 77.9 Å². The van der Waals surface area contributed by atoms with Gasteiger partial charge in [0.25, 0.3) is 0 Å². The number of esters is 2. The lowest BCUT2D eigenvalue weighted by molar-refractivity contribution is 0.0597. The molecule has 0 aromatic heterocycles. The minimum absolute atomic E-state index is 0.297. The van der Waals surface area contributed by atoms with Crippen molar-refractivity contribution in [1.29, 1.82) is 0 Å². The summed E-state index contributed by atoms with van der Waals surface area (Å²) in [4.78, 5) is 24.0. The molecule has 0 bridgehead atoms. The summed E-state index contributed by atoms with van der Waals surface area (Å²) in [6, 6.07) is 19.4. The predicted molar refractivity (Wildman–Crippen MR) is 86.7 cm³/mol. The standard InChI is InChI=1S/C19H14O4/c1-22-18(20)14-8-4-9-15(12-14)23-19(21)17-11-5-7-13-6-2-3-10-16(13)17/h2-12H,1H3. The van der Waals surface area contributed by atoms with Gasteiger partial charge >= 0.3 is 11.9 Å². The second-order valence-electron chi connectivity index (χ2n) is 4.94. The van der Waals surface area contributed by atoms with Crippen molar-refractivity contribution in [3.63, 3.8) is 0 Å². The Morgan fingerprint density at radius 2 is 1.57 bits per heavy atom. The molecular weight excluding hydrogens is 292 g/mol. The minimum atomic E-state index is -0.479. The quantitative estimate of drug-likeness (QED) is 0.545. The number of carbonyl (C=O) groups excluding carboxylic acids is 2. The number of ether oxygens (including phenoxy) is 2. The van der Waals surface area contributed by atoms with Gasteiger partial charge in [-0.2, -0.15) is 0 Å². The molecule has 23 heavy (non-hydrogen) atoms. The highest BCUT2D eigenvalue weighted by atomic mass is 16.5. The maximum absolute atomic E-state index is 12.4. The summed E-state index contributed by atoms with van der Waals surface area (Å²) in [6.07, 6.45) is 0. The molecule has 0 fully saturated rings. The summed E-state index contributed by atoms with van der Waals surface area (Å²) in [5.74, 6) is -0.650. The van der Waals surface area contributed by atoms with Crippen molar-refractivity contribution < 1.29 is 19.1 Å². The second-order valence-corrected chi connectivity index (χ2v) is 4.94. The van der Waals surface area contributed by atoms with E-state index in [0.717, 1.165) is 10.8 Å². The van der Waals surface area contributed by atoms with Gasteiger partial charge in [0.1, 0.15) is 5.75 Å². The molecule has 0 heterocycles. The van der Waals surface area contributed by atoms with Crippen LogP contribution >= 0.6 is 0 Å². The molecule has 0 radical (unpaired) electrons. The summed E-state index contributed by atoms with van der Waals surface area (Å²) in [7, 11) is 1.30. The maximum atomic E-state index is 12.4. The van der Waals surface area contributed by atoms with Gasteiger partial charge in [0, 0.05) is 0 Å². The third-order valence-corrected chi connectivity index (χ3v) is 3.48. The van der Waals surface area contributed by atoms with Gasteiger partial charge in [0.2, 0.25) is 0 Å². The minimum Gasteiger partial charge on any atom is -0.465 e. The SMILES string of the molecule is COC(=O)c1cccc(OC(=O)c2cccc3ccccc23)c1. The summed E-state index contributed by atoms with van der Waals surface area (Å²) >= 11 is 0. The molecule has 0 spiro atoms. The summed E-state index contributed by atoms with van der Waals surface area (Å²) in [6.45, 7) is 0. The first-order chi connectivity index (χ1) is 11.2. The van der Waals surface area contributed by atoms with Gasteiger partial charge in [-0.3, -0.25) is 0 Å². The Morgan fingerprint density at radius 3 is 2.39 bits per heavy atom.